The number of hydrogen-bond acceptors (Lipinski definition) is 3. The van der Waals surface area contributed by atoms with E-state index in [1.165, 1.54) is 0 Å². The van der Waals surface area contributed by atoms with Crippen LogP contribution in [0.2, 0.25) is 0 Å². The van der Waals surface area contributed by atoms with Gasteiger partial charge >= 0.3 is 0 Å². The van der Waals surface area contributed by atoms with Crippen LogP contribution in [0.25, 0.3) is 6.08 Å². The molecule has 0 amide bonds. The zero-order valence-corrected chi connectivity index (χ0v) is 12.4. The van der Waals surface area contributed by atoms with Crippen molar-refractivity contribution in [1.29, 1.82) is 0 Å². The van der Waals surface area contributed by atoms with Gasteiger partial charge in [0.05, 0.1) is 14.2 Å². The lowest BCUT2D eigenvalue weighted by Gasteiger charge is -2.07. The van der Waals surface area contributed by atoms with Crippen molar-refractivity contribution in [1.82, 2.24) is 5.32 Å². The molecule has 1 N–H and O–H groups in total. The Kier molecular flexibility index (Phi) is 7.04. The SMILES string of the molecule is COc1ccc(C=CCCNCC(C)C)cc1OC. The molecule has 0 radical (unpaired) electrons. The third-order valence-corrected chi connectivity index (χ3v) is 2.76. The molecule has 1 aromatic carbocycles. The first-order chi connectivity index (χ1) is 9.17. The summed E-state index contributed by atoms with van der Waals surface area (Å²) >= 11 is 0. The van der Waals surface area contributed by atoms with Crippen LogP contribution in [0.1, 0.15) is 25.8 Å². The van der Waals surface area contributed by atoms with E-state index in [2.05, 4.69) is 31.3 Å². The first kappa shape index (κ1) is 15.6. The summed E-state index contributed by atoms with van der Waals surface area (Å²) in [5.41, 5.74) is 1.13. The lowest BCUT2D eigenvalue weighted by atomic mass is 10.1. The van der Waals surface area contributed by atoms with Gasteiger partial charge in [-0.05, 0) is 43.1 Å². The number of rotatable bonds is 8. The van der Waals surface area contributed by atoms with Crippen molar-refractivity contribution >= 4 is 6.08 Å². The molecular weight excluding hydrogens is 238 g/mol. The number of ether oxygens (including phenoxy) is 2. The molecule has 0 aromatic heterocycles. The molecule has 1 rings (SSSR count). The van der Waals surface area contributed by atoms with E-state index < -0.39 is 0 Å². The Hall–Kier alpha value is -1.48. The van der Waals surface area contributed by atoms with Gasteiger partial charge in [0.25, 0.3) is 0 Å². The van der Waals surface area contributed by atoms with Crippen LogP contribution >= 0.6 is 0 Å². The second-order valence-corrected chi connectivity index (χ2v) is 4.90. The summed E-state index contributed by atoms with van der Waals surface area (Å²) in [5.74, 6) is 2.23. The quantitative estimate of drug-likeness (QED) is 0.730. The molecule has 0 aliphatic heterocycles. The lowest BCUT2D eigenvalue weighted by molar-refractivity contribution is 0.355. The molecule has 0 aliphatic rings. The molecule has 1 aromatic rings. The van der Waals surface area contributed by atoms with E-state index in [0.29, 0.717) is 5.92 Å². The second-order valence-electron chi connectivity index (χ2n) is 4.90. The summed E-state index contributed by atoms with van der Waals surface area (Å²) in [6.45, 7) is 6.52. The second kappa shape index (κ2) is 8.59. The van der Waals surface area contributed by atoms with Crippen LogP contribution in [0.5, 0.6) is 11.5 Å². The molecule has 3 heteroatoms. The third kappa shape index (κ3) is 5.79. The van der Waals surface area contributed by atoms with E-state index in [1.54, 1.807) is 14.2 Å². The molecule has 19 heavy (non-hydrogen) atoms. The highest BCUT2D eigenvalue weighted by Crippen LogP contribution is 2.27. The maximum absolute atomic E-state index is 5.28. The Balaban J connectivity index is 2.44. The Labute approximate surface area is 116 Å². The summed E-state index contributed by atoms with van der Waals surface area (Å²) in [7, 11) is 3.30. The Morgan fingerprint density at radius 2 is 1.89 bits per heavy atom. The van der Waals surface area contributed by atoms with Crippen LogP contribution in [-0.4, -0.2) is 27.3 Å². The first-order valence-corrected chi connectivity index (χ1v) is 6.76. The summed E-state index contributed by atoms with van der Waals surface area (Å²) in [6.07, 6.45) is 5.31. The van der Waals surface area contributed by atoms with E-state index in [9.17, 15) is 0 Å². The van der Waals surface area contributed by atoms with Gasteiger partial charge in [0.15, 0.2) is 11.5 Å². The predicted octanol–water partition coefficient (Wildman–Crippen LogP) is 3.35. The monoisotopic (exact) mass is 263 g/mol. The number of benzene rings is 1. The Morgan fingerprint density at radius 1 is 1.16 bits per heavy atom. The minimum Gasteiger partial charge on any atom is -0.493 e. The number of nitrogens with one attached hydrogen (secondary N) is 1. The van der Waals surface area contributed by atoms with Crippen molar-refractivity contribution in [2.24, 2.45) is 5.92 Å². The average Bonchev–Trinajstić information content (AvgIpc) is 2.42. The highest BCUT2D eigenvalue weighted by Gasteiger charge is 2.02. The topological polar surface area (TPSA) is 30.5 Å². The van der Waals surface area contributed by atoms with E-state index in [-0.39, 0.29) is 0 Å². The first-order valence-electron chi connectivity index (χ1n) is 6.76. The van der Waals surface area contributed by atoms with Crippen LogP contribution in [0.4, 0.5) is 0 Å². The molecule has 0 unspecified atom stereocenters. The largest absolute Gasteiger partial charge is 0.493 e. The normalized spacial score (nSPS) is 11.2. The standard InChI is InChI=1S/C16H25NO2/c1-13(2)12-17-10-6-5-7-14-8-9-15(18-3)16(11-14)19-4/h5,7-9,11,13,17H,6,10,12H2,1-4H3. The van der Waals surface area contributed by atoms with E-state index >= 15 is 0 Å². The molecular formula is C16H25NO2. The van der Waals surface area contributed by atoms with E-state index in [1.807, 2.05) is 18.2 Å². The van der Waals surface area contributed by atoms with Gasteiger partial charge in [-0.2, -0.15) is 0 Å². The van der Waals surface area contributed by atoms with Crippen molar-refractivity contribution in [3.8, 4) is 11.5 Å². The molecule has 0 spiro atoms. The molecule has 0 saturated heterocycles. The van der Waals surface area contributed by atoms with Crippen LogP contribution in [-0.2, 0) is 0 Å². The maximum Gasteiger partial charge on any atom is 0.161 e. The van der Waals surface area contributed by atoms with Gasteiger partial charge in [-0.25, -0.2) is 0 Å². The van der Waals surface area contributed by atoms with Crippen molar-refractivity contribution in [2.45, 2.75) is 20.3 Å². The van der Waals surface area contributed by atoms with Gasteiger partial charge in [-0.15, -0.1) is 0 Å². The fourth-order valence-corrected chi connectivity index (χ4v) is 1.75. The van der Waals surface area contributed by atoms with Crippen LogP contribution < -0.4 is 14.8 Å². The van der Waals surface area contributed by atoms with E-state index in [0.717, 1.165) is 36.6 Å². The van der Waals surface area contributed by atoms with Gasteiger partial charge in [0.1, 0.15) is 0 Å². The van der Waals surface area contributed by atoms with Gasteiger partial charge in [-0.1, -0.05) is 32.1 Å². The Morgan fingerprint density at radius 3 is 2.53 bits per heavy atom. The zero-order chi connectivity index (χ0) is 14.1. The molecule has 0 saturated carbocycles. The van der Waals surface area contributed by atoms with Crippen molar-refractivity contribution < 1.29 is 9.47 Å². The lowest BCUT2D eigenvalue weighted by Crippen LogP contribution is -2.20. The molecule has 0 fully saturated rings. The van der Waals surface area contributed by atoms with Crippen LogP contribution in [0, 0.1) is 5.92 Å². The van der Waals surface area contributed by atoms with Crippen LogP contribution in [0.3, 0.4) is 0 Å². The van der Waals surface area contributed by atoms with Crippen molar-refractivity contribution in [3.05, 3.63) is 29.8 Å². The summed E-state index contributed by atoms with van der Waals surface area (Å²) in [6, 6.07) is 5.94. The smallest absolute Gasteiger partial charge is 0.161 e. The third-order valence-electron chi connectivity index (χ3n) is 2.76. The molecule has 0 atom stereocenters. The summed E-state index contributed by atoms with van der Waals surface area (Å²) in [5, 5.41) is 3.42. The van der Waals surface area contributed by atoms with Crippen molar-refractivity contribution in [3.63, 3.8) is 0 Å². The Bertz CT molecular complexity index is 400. The highest BCUT2D eigenvalue weighted by atomic mass is 16.5. The number of hydrogen-bond donors (Lipinski definition) is 1. The van der Waals surface area contributed by atoms with Gasteiger partial charge in [0, 0.05) is 0 Å². The van der Waals surface area contributed by atoms with Crippen molar-refractivity contribution in [2.75, 3.05) is 27.3 Å². The minimum absolute atomic E-state index is 0.704. The molecule has 0 heterocycles. The van der Waals surface area contributed by atoms with Gasteiger partial charge in [-0.3, -0.25) is 0 Å². The fourth-order valence-electron chi connectivity index (χ4n) is 1.75. The van der Waals surface area contributed by atoms with Gasteiger partial charge in [0.2, 0.25) is 0 Å². The summed E-state index contributed by atoms with van der Waals surface area (Å²) in [4.78, 5) is 0. The highest BCUT2D eigenvalue weighted by molar-refractivity contribution is 5.55. The summed E-state index contributed by atoms with van der Waals surface area (Å²) < 4.78 is 10.5. The molecule has 0 aliphatic carbocycles. The average molecular weight is 263 g/mol. The van der Waals surface area contributed by atoms with E-state index in [4.69, 9.17) is 9.47 Å². The fraction of sp³-hybridized carbons (Fsp3) is 0.500. The van der Waals surface area contributed by atoms with Crippen LogP contribution in [0.15, 0.2) is 24.3 Å². The zero-order valence-electron chi connectivity index (χ0n) is 12.4. The number of methoxy groups -OCH3 is 2. The maximum atomic E-state index is 5.28. The van der Waals surface area contributed by atoms with Gasteiger partial charge < -0.3 is 14.8 Å². The predicted molar refractivity (Wildman–Crippen MR) is 80.9 cm³/mol. The minimum atomic E-state index is 0.704. The molecule has 0 bridgehead atoms. The molecule has 3 nitrogen and oxygen atoms in total. The molecule has 106 valence electrons.